The molecule has 6 aromatic rings. The van der Waals surface area contributed by atoms with Gasteiger partial charge >= 0.3 is 21.1 Å². The molecule has 6 heteroatoms. The van der Waals surface area contributed by atoms with E-state index in [2.05, 4.69) is 201 Å². The van der Waals surface area contributed by atoms with Crippen LogP contribution in [-0.4, -0.2) is 16.5 Å². The predicted octanol–water partition coefficient (Wildman–Crippen LogP) is 14.7. The summed E-state index contributed by atoms with van der Waals surface area (Å²) < 4.78 is 14.5. The van der Waals surface area contributed by atoms with Gasteiger partial charge in [0.25, 0.3) is 0 Å². The van der Waals surface area contributed by atoms with Crippen molar-refractivity contribution in [3.05, 3.63) is 163 Å². The maximum atomic E-state index is 7.37. The van der Waals surface area contributed by atoms with E-state index >= 15 is 0 Å². The van der Waals surface area contributed by atoms with Crippen molar-refractivity contribution in [3.8, 4) is 22.6 Å². The molecule has 0 saturated carbocycles. The number of aromatic nitrogens is 1. The van der Waals surface area contributed by atoms with E-state index in [1.54, 1.807) is 0 Å². The second-order valence-corrected chi connectivity index (χ2v) is 21.6. The molecule has 0 fully saturated rings. The molecule has 1 aliphatic carbocycles. The van der Waals surface area contributed by atoms with Gasteiger partial charge in [0.1, 0.15) is 22.9 Å². The van der Waals surface area contributed by atoms with Gasteiger partial charge in [0.05, 0.1) is 0 Å². The van der Waals surface area contributed by atoms with Crippen LogP contribution in [0, 0.1) is 66.0 Å². The molecule has 0 N–H and O–H groups in total. The number of hydrogen-bond acceptors (Lipinski definition) is 5. The minimum absolute atomic E-state index is 0. The van der Waals surface area contributed by atoms with Crippen molar-refractivity contribution in [1.29, 1.82) is 0 Å². The van der Waals surface area contributed by atoms with Gasteiger partial charge in [-0.1, -0.05) is 139 Å². The Hall–Kier alpha value is -4.99. The summed E-state index contributed by atoms with van der Waals surface area (Å²) >= 11 is 0. The molecule has 5 nitrogen and oxygen atoms in total. The van der Waals surface area contributed by atoms with Crippen LogP contribution in [-0.2, 0) is 48.6 Å². The molecule has 2 atom stereocenters. The predicted molar refractivity (Wildman–Crippen MR) is 260 cm³/mol. The number of benzene rings is 5. The van der Waals surface area contributed by atoms with Crippen molar-refractivity contribution in [2.75, 3.05) is 4.90 Å². The molecule has 2 aliphatic heterocycles. The monoisotopic (exact) mass is 1030 g/mol. The van der Waals surface area contributed by atoms with Crippen LogP contribution in [0.5, 0.6) is 11.5 Å². The first kappa shape index (κ1) is 45.6. The molecule has 0 spiro atoms. The second-order valence-electron chi connectivity index (χ2n) is 21.6. The molecule has 3 heterocycles. The number of aliphatic imine (C=N–C) groups is 1. The van der Waals surface area contributed by atoms with E-state index in [1.807, 2.05) is 6.20 Å². The summed E-state index contributed by atoms with van der Waals surface area (Å²) in [5.41, 5.74) is 17.9. The van der Waals surface area contributed by atoms with Gasteiger partial charge in [0, 0.05) is 35.2 Å². The molecule has 3 aliphatic rings. The summed E-state index contributed by atoms with van der Waals surface area (Å²) in [6.07, 6.45) is 2.71. The van der Waals surface area contributed by atoms with Gasteiger partial charge in [-0.15, -0.1) is 23.3 Å². The SMILES string of the molecule is Cc1cc(C)c(-c2cc(Oc3[c-]c4c(cc3C)C(C)(C)c3cc(C)ccc3N4c3cc(C(C)(C)C)ccn3)[c-]c(C3=N[C@]4(C)c5cc(C)c(C)cc5C[C@]4(C(C)(C)C)O3)c2)c(C)c1.[Pt+2]. The average molecular weight is 1030 g/mol. The number of fused-ring (bicyclic) bond motifs is 5. The van der Waals surface area contributed by atoms with Crippen LogP contribution in [0.15, 0.2) is 84.0 Å². The number of anilines is 3. The van der Waals surface area contributed by atoms with Crippen LogP contribution >= 0.6 is 0 Å². The van der Waals surface area contributed by atoms with Gasteiger partial charge in [0.2, 0.25) is 0 Å². The van der Waals surface area contributed by atoms with Crippen molar-refractivity contribution in [2.45, 2.75) is 139 Å². The van der Waals surface area contributed by atoms with Gasteiger partial charge in [-0.2, -0.15) is 6.07 Å². The Morgan fingerprint density at radius 3 is 2.03 bits per heavy atom. The molecule has 0 bridgehead atoms. The Kier molecular flexibility index (Phi) is 10.9. The molecular formula is C58H63N3O2Pt. The first-order valence-electron chi connectivity index (χ1n) is 22.6. The molecule has 0 saturated heterocycles. The largest absolute Gasteiger partial charge is 2.00 e. The molecule has 1 aromatic heterocycles. The second kappa shape index (κ2) is 15.3. The first-order chi connectivity index (χ1) is 29.4. The molecule has 5 aromatic carbocycles. The normalized spacial score (nSPS) is 19.5. The van der Waals surface area contributed by atoms with E-state index in [0.717, 1.165) is 40.3 Å². The molecule has 0 radical (unpaired) electrons. The number of rotatable bonds is 5. The van der Waals surface area contributed by atoms with Crippen LogP contribution < -0.4 is 9.64 Å². The standard InChI is InChI=1S/C58H63N3O2.Pt/c1-33-17-18-48-46(23-33)56(14,15)47-26-37(5)50(31-49(47)61(48)51-30-43(19-20-59-51)54(8,9)10)62-44-28-40(52-38(6)21-34(2)22-39(52)7)27-41(29-44)53-60-57(16)45-25-36(4)35(3)24-42(45)32-58(57,63-53)55(11,12)13;/h17-28,30H,32H2,1-16H3;/q-2;+2/t57-,58-;/m1./s1. The summed E-state index contributed by atoms with van der Waals surface area (Å²) in [6, 6.07) is 34.4. The molecule has 0 amide bonds. The Balaban J connectivity index is 0.00000560. The number of ether oxygens (including phenoxy) is 2. The zero-order valence-corrected chi connectivity index (χ0v) is 43.0. The molecule has 9 rings (SSSR count). The van der Waals surface area contributed by atoms with Crippen LogP contribution in [0.4, 0.5) is 17.2 Å². The van der Waals surface area contributed by atoms with Crippen molar-refractivity contribution in [2.24, 2.45) is 10.4 Å². The van der Waals surface area contributed by atoms with Crippen molar-refractivity contribution < 1.29 is 30.5 Å². The third-order valence-corrected chi connectivity index (χ3v) is 14.5. The molecule has 64 heavy (non-hydrogen) atoms. The zero-order chi connectivity index (χ0) is 45.3. The fourth-order valence-corrected chi connectivity index (χ4v) is 10.9. The minimum atomic E-state index is -0.596. The minimum Gasteiger partial charge on any atom is -0.510 e. The van der Waals surface area contributed by atoms with E-state index in [-0.39, 0.29) is 37.3 Å². The maximum Gasteiger partial charge on any atom is 2.00 e. The van der Waals surface area contributed by atoms with Crippen molar-refractivity contribution in [3.63, 3.8) is 0 Å². The van der Waals surface area contributed by atoms with E-state index < -0.39 is 11.1 Å². The van der Waals surface area contributed by atoms with E-state index in [1.165, 1.54) is 66.8 Å². The Morgan fingerprint density at radius 1 is 0.688 bits per heavy atom. The van der Waals surface area contributed by atoms with Gasteiger partial charge in [-0.25, -0.2) is 4.98 Å². The summed E-state index contributed by atoms with van der Waals surface area (Å²) in [4.78, 5) is 12.9. The quantitative estimate of drug-likeness (QED) is 0.161. The fourth-order valence-electron chi connectivity index (χ4n) is 10.9. The van der Waals surface area contributed by atoms with Crippen molar-refractivity contribution in [1.82, 2.24) is 4.98 Å². The summed E-state index contributed by atoms with van der Waals surface area (Å²) in [7, 11) is 0. The maximum absolute atomic E-state index is 7.37. The smallest absolute Gasteiger partial charge is 0.510 e. The molecular weight excluding hydrogens is 966 g/mol. The van der Waals surface area contributed by atoms with Crippen LogP contribution in [0.2, 0.25) is 0 Å². The average Bonchev–Trinajstić information content (AvgIpc) is 3.62. The van der Waals surface area contributed by atoms with E-state index in [0.29, 0.717) is 17.4 Å². The summed E-state index contributed by atoms with van der Waals surface area (Å²) in [5, 5.41) is 0. The van der Waals surface area contributed by atoms with Gasteiger partial charge in [-0.3, -0.25) is 4.99 Å². The van der Waals surface area contributed by atoms with E-state index in [4.69, 9.17) is 19.5 Å². The number of aryl methyl sites for hydroxylation is 7. The Labute approximate surface area is 397 Å². The van der Waals surface area contributed by atoms with Crippen LogP contribution in [0.25, 0.3) is 11.1 Å². The number of pyridine rings is 1. The molecule has 332 valence electrons. The third-order valence-electron chi connectivity index (χ3n) is 14.5. The Morgan fingerprint density at radius 2 is 1.36 bits per heavy atom. The topological polar surface area (TPSA) is 47.0 Å². The number of hydrogen-bond donors (Lipinski definition) is 0. The first-order valence-corrected chi connectivity index (χ1v) is 22.6. The summed E-state index contributed by atoms with van der Waals surface area (Å²) in [5.74, 6) is 2.67. The fraction of sp³-hybridized carbons (Fsp3) is 0.379. The van der Waals surface area contributed by atoms with Crippen LogP contribution in [0.3, 0.4) is 0 Å². The Bertz CT molecular complexity index is 2900. The number of nitrogens with zero attached hydrogens (tertiary/aromatic N) is 3. The summed E-state index contributed by atoms with van der Waals surface area (Å²) in [6.45, 7) is 35.7. The van der Waals surface area contributed by atoms with Crippen molar-refractivity contribution >= 4 is 23.1 Å². The van der Waals surface area contributed by atoms with Gasteiger partial charge in [0.15, 0.2) is 0 Å². The van der Waals surface area contributed by atoms with Gasteiger partial charge in [-0.05, 0) is 128 Å². The zero-order valence-electron chi connectivity index (χ0n) is 40.7. The third kappa shape index (κ3) is 7.07. The van der Waals surface area contributed by atoms with Gasteiger partial charge < -0.3 is 14.4 Å². The van der Waals surface area contributed by atoms with Crippen LogP contribution in [0.1, 0.15) is 135 Å². The van der Waals surface area contributed by atoms with E-state index in [9.17, 15) is 0 Å². The molecule has 0 unspecified atom stereocenters.